The van der Waals surface area contributed by atoms with Gasteiger partial charge in [0.15, 0.2) is 0 Å². The van der Waals surface area contributed by atoms with E-state index in [1.807, 2.05) is 6.92 Å². The first-order valence-electron chi connectivity index (χ1n) is 6.76. The van der Waals surface area contributed by atoms with Crippen LogP contribution in [0, 0.1) is 6.92 Å². The van der Waals surface area contributed by atoms with Crippen LogP contribution >= 0.6 is 22.9 Å². The van der Waals surface area contributed by atoms with Crippen molar-refractivity contribution < 1.29 is 0 Å². The maximum atomic E-state index is 6.03. The molecule has 1 aliphatic heterocycles. The molecule has 0 aliphatic carbocycles. The summed E-state index contributed by atoms with van der Waals surface area (Å²) in [7, 11) is 2.17. The average Bonchev–Trinajstić information content (AvgIpc) is 2.99. The van der Waals surface area contributed by atoms with Crippen molar-refractivity contribution in [1.82, 2.24) is 14.3 Å². The van der Waals surface area contributed by atoms with E-state index in [1.165, 1.54) is 11.5 Å². The van der Waals surface area contributed by atoms with E-state index in [1.54, 1.807) is 11.3 Å². The molecule has 2 aromatic heterocycles. The highest BCUT2D eigenvalue weighted by Crippen LogP contribution is 2.38. The lowest BCUT2D eigenvalue weighted by atomic mass is 10.1. The van der Waals surface area contributed by atoms with Crippen LogP contribution in [0.5, 0.6) is 0 Å². The number of nitrogens with zero attached hydrogens (tertiary/aromatic N) is 3. The Kier molecular flexibility index (Phi) is 3.91. The van der Waals surface area contributed by atoms with Gasteiger partial charge in [-0.2, -0.15) is 4.37 Å². The second-order valence-corrected chi connectivity index (χ2v) is 7.08. The van der Waals surface area contributed by atoms with Crippen LogP contribution in [-0.4, -0.2) is 40.4 Å². The van der Waals surface area contributed by atoms with Gasteiger partial charge in [-0.05, 0) is 51.4 Å². The summed E-state index contributed by atoms with van der Waals surface area (Å²) < 4.78 is 4.29. The normalized spacial score (nSPS) is 17.5. The fraction of sp³-hybridized carbons (Fsp3) is 0.538. The first-order chi connectivity index (χ1) is 9.63. The van der Waals surface area contributed by atoms with E-state index in [2.05, 4.69) is 32.0 Å². The Morgan fingerprint density at radius 3 is 2.80 bits per heavy atom. The van der Waals surface area contributed by atoms with Crippen molar-refractivity contribution in [2.45, 2.75) is 25.8 Å². The molecule has 2 aromatic rings. The molecule has 20 heavy (non-hydrogen) atoms. The van der Waals surface area contributed by atoms with Gasteiger partial charge in [-0.15, -0.1) is 11.3 Å². The number of aromatic nitrogens is 2. The number of nitrogen functional groups attached to an aromatic ring is 1. The number of piperidine rings is 1. The number of anilines is 2. The lowest BCUT2D eigenvalue weighted by Gasteiger charge is -2.29. The standard InChI is InChI=1S/C13H19N5S2/c1-8-15-10(7-19-8)11-12(14)17-20-13(11)16-9-3-5-18(2)6-4-9/h7,9,16H,3-6H2,1-2H3,(H2,14,17). The second-order valence-electron chi connectivity index (χ2n) is 5.25. The lowest BCUT2D eigenvalue weighted by Crippen LogP contribution is -2.36. The van der Waals surface area contributed by atoms with E-state index in [0.717, 1.165) is 47.2 Å². The summed E-state index contributed by atoms with van der Waals surface area (Å²) in [5, 5.41) is 7.77. The number of likely N-dealkylation sites (tertiary alicyclic amines) is 1. The van der Waals surface area contributed by atoms with Crippen molar-refractivity contribution in [3.05, 3.63) is 10.4 Å². The van der Waals surface area contributed by atoms with E-state index >= 15 is 0 Å². The van der Waals surface area contributed by atoms with Gasteiger partial charge >= 0.3 is 0 Å². The summed E-state index contributed by atoms with van der Waals surface area (Å²) in [6.07, 6.45) is 2.31. The summed E-state index contributed by atoms with van der Waals surface area (Å²) in [5.74, 6) is 0.579. The minimum Gasteiger partial charge on any atom is -0.382 e. The number of aryl methyl sites for hydroxylation is 1. The molecule has 0 aromatic carbocycles. The molecule has 0 radical (unpaired) electrons. The molecule has 0 spiro atoms. The smallest absolute Gasteiger partial charge is 0.148 e. The van der Waals surface area contributed by atoms with Gasteiger partial charge in [0.25, 0.3) is 0 Å². The third kappa shape index (κ3) is 2.79. The van der Waals surface area contributed by atoms with E-state index in [9.17, 15) is 0 Å². The molecular weight excluding hydrogens is 290 g/mol. The van der Waals surface area contributed by atoms with Crippen molar-refractivity contribution in [2.75, 3.05) is 31.2 Å². The summed E-state index contributed by atoms with van der Waals surface area (Å²) in [6, 6.07) is 0.504. The number of hydrogen-bond donors (Lipinski definition) is 2. The van der Waals surface area contributed by atoms with Crippen LogP contribution in [0.25, 0.3) is 11.3 Å². The zero-order valence-electron chi connectivity index (χ0n) is 11.7. The third-order valence-electron chi connectivity index (χ3n) is 3.65. The molecule has 108 valence electrons. The minimum atomic E-state index is 0.504. The van der Waals surface area contributed by atoms with Crippen molar-refractivity contribution in [3.8, 4) is 11.3 Å². The zero-order chi connectivity index (χ0) is 14.1. The molecule has 0 atom stereocenters. The molecule has 3 rings (SSSR count). The highest BCUT2D eigenvalue weighted by molar-refractivity contribution is 7.11. The molecule has 0 amide bonds. The monoisotopic (exact) mass is 309 g/mol. The maximum absolute atomic E-state index is 6.03. The van der Waals surface area contributed by atoms with Crippen LogP contribution < -0.4 is 11.1 Å². The zero-order valence-corrected chi connectivity index (χ0v) is 13.4. The van der Waals surface area contributed by atoms with Gasteiger partial charge in [0.1, 0.15) is 10.8 Å². The van der Waals surface area contributed by atoms with Gasteiger partial charge in [0.05, 0.1) is 16.3 Å². The lowest BCUT2D eigenvalue weighted by molar-refractivity contribution is 0.264. The van der Waals surface area contributed by atoms with Crippen molar-refractivity contribution in [3.63, 3.8) is 0 Å². The van der Waals surface area contributed by atoms with Crippen LogP contribution in [0.3, 0.4) is 0 Å². The maximum Gasteiger partial charge on any atom is 0.148 e. The molecule has 5 nitrogen and oxygen atoms in total. The third-order valence-corrected chi connectivity index (χ3v) is 5.21. The largest absolute Gasteiger partial charge is 0.382 e. The Bertz CT molecular complexity index is 583. The van der Waals surface area contributed by atoms with Gasteiger partial charge in [-0.1, -0.05) is 0 Å². The first-order valence-corrected chi connectivity index (χ1v) is 8.41. The number of rotatable bonds is 3. The number of thiazole rings is 1. The second kappa shape index (κ2) is 5.67. The van der Waals surface area contributed by atoms with Crippen molar-refractivity contribution >= 4 is 33.7 Å². The number of nitrogens with two attached hydrogens (primary N) is 1. The predicted molar refractivity (Wildman–Crippen MR) is 86.5 cm³/mol. The topological polar surface area (TPSA) is 67.1 Å². The van der Waals surface area contributed by atoms with Crippen LogP contribution in [0.15, 0.2) is 5.38 Å². The highest BCUT2D eigenvalue weighted by Gasteiger charge is 2.21. The SMILES string of the molecule is Cc1nc(-c2c(N)nsc2NC2CCN(C)CC2)cs1. The molecular formula is C13H19N5S2. The Morgan fingerprint density at radius 2 is 2.15 bits per heavy atom. The van der Waals surface area contributed by atoms with Crippen molar-refractivity contribution in [2.24, 2.45) is 0 Å². The number of nitrogens with one attached hydrogen (secondary N) is 1. The van der Waals surface area contributed by atoms with Gasteiger partial charge in [-0.3, -0.25) is 0 Å². The van der Waals surface area contributed by atoms with Crippen molar-refractivity contribution in [1.29, 1.82) is 0 Å². The molecule has 0 bridgehead atoms. The van der Waals surface area contributed by atoms with E-state index in [-0.39, 0.29) is 0 Å². The Labute approximate surface area is 127 Å². The summed E-state index contributed by atoms with van der Waals surface area (Å²) >= 11 is 3.08. The molecule has 1 saturated heterocycles. The highest BCUT2D eigenvalue weighted by atomic mass is 32.1. The average molecular weight is 309 g/mol. The molecule has 1 fully saturated rings. The van der Waals surface area contributed by atoms with Gasteiger partial charge in [0, 0.05) is 11.4 Å². The Balaban J connectivity index is 1.80. The van der Waals surface area contributed by atoms with Crippen LogP contribution in [0.1, 0.15) is 17.8 Å². The Hall–Kier alpha value is -1.18. The van der Waals surface area contributed by atoms with Crippen LogP contribution in [0.4, 0.5) is 10.8 Å². The van der Waals surface area contributed by atoms with Gasteiger partial charge in [-0.25, -0.2) is 4.98 Å². The fourth-order valence-electron chi connectivity index (χ4n) is 2.47. The quantitative estimate of drug-likeness (QED) is 0.912. The molecule has 7 heteroatoms. The predicted octanol–water partition coefficient (Wildman–Crippen LogP) is 2.66. The first kappa shape index (κ1) is 13.8. The molecule has 3 heterocycles. The summed E-state index contributed by atoms with van der Waals surface area (Å²) in [6.45, 7) is 4.28. The molecule has 3 N–H and O–H groups in total. The summed E-state index contributed by atoms with van der Waals surface area (Å²) in [4.78, 5) is 6.90. The van der Waals surface area contributed by atoms with E-state index in [4.69, 9.17) is 5.73 Å². The molecule has 0 saturated carbocycles. The van der Waals surface area contributed by atoms with E-state index < -0.39 is 0 Å². The fourth-order valence-corrected chi connectivity index (χ4v) is 3.87. The molecule has 0 unspecified atom stereocenters. The Morgan fingerprint density at radius 1 is 1.40 bits per heavy atom. The molecule has 1 aliphatic rings. The summed E-state index contributed by atoms with van der Waals surface area (Å²) in [5.41, 5.74) is 7.94. The number of hydrogen-bond acceptors (Lipinski definition) is 7. The van der Waals surface area contributed by atoms with Gasteiger partial charge in [0.2, 0.25) is 0 Å². The minimum absolute atomic E-state index is 0.504. The van der Waals surface area contributed by atoms with Crippen LogP contribution in [0.2, 0.25) is 0 Å². The van der Waals surface area contributed by atoms with Gasteiger partial charge < -0.3 is 16.0 Å². The van der Waals surface area contributed by atoms with E-state index in [0.29, 0.717) is 11.9 Å². The van der Waals surface area contributed by atoms with Crippen LogP contribution in [-0.2, 0) is 0 Å².